The molecule has 1 amide bonds. The van der Waals surface area contributed by atoms with Crippen LogP contribution in [0.2, 0.25) is 0 Å². The third-order valence-electron chi connectivity index (χ3n) is 2.80. The largest absolute Gasteiger partial charge is 0.480 e. The van der Waals surface area contributed by atoms with E-state index in [1.807, 2.05) is 38.2 Å². The molecule has 5 heteroatoms. The van der Waals surface area contributed by atoms with Gasteiger partial charge in [0.25, 0.3) is 0 Å². The van der Waals surface area contributed by atoms with Crippen molar-refractivity contribution in [2.24, 2.45) is 11.8 Å². The average molecular weight is 267 g/mol. The molecule has 0 radical (unpaired) electrons. The third kappa shape index (κ3) is 6.08. The van der Waals surface area contributed by atoms with E-state index in [0.717, 1.165) is 6.42 Å². The normalized spacial score (nSPS) is 19.2. The number of carboxylic acids is 1. The standard InChI is InChI=1S/C14H21NO4/c1-10(2)8-12(13(16)17)15-14(18)19-9-11-6-4-3-5-7-11/h3-6,10-12H,7-9H2,1-2H3,(H,15,18)(H,16,17)/t11?,12-/m0/s1. The van der Waals surface area contributed by atoms with E-state index >= 15 is 0 Å². The number of amides is 1. The maximum absolute atomic E-state index is 11.5. The van der Waals surface area contributed by atoms with Crippen LogP contribution in [-0.4, -0.2) is 29.8 Å². The SMILES string of the molecule is CC(C)C[C@H](NC(=O)OCC1C=CC=CC1)C(=O)O. The van der Waals surface area contributed by atoms with E-state index in [1.165, 1.54) is 0 Å². The lowest BCUT2D eigenvalue weighted by atomic mass is 10.0. The van der Waals surface area contributed by atoms with Crippen LogP contribution in [0.3, 0.4) is 0 Å². The van der Waals surface area contributed by atoms with Crippen molar-refractivity contribution in [1.29, 1.82) is 0 Å². The number of allylic oxidation sites excluding steroid dienone is 3. The van der Waals surface area contributed by atoms with Gasteiger partial charge < -0.3 is 15.2 Å². The molecule has 1 rings (SSSR count). The zero-order chi connectivity index (χ0) is 14.3. The summed E-state index contributed by atoms with van der Waals surface area (Å²) in [6, 6.07) is -0.894. The summed E-state index contributed by atoms with van der Waals surface area (Å²) in [4.78, 5) is 22.5. The maximum Gasteiger partial charge on any atom is 0.407 e. The number of hydrogen-bond donors (Lipinski definition) is 2. The Morgan fingerprint density at radius 1 is 1.42 bits per heavy atom. The van der Waals surface area contributed by atoms with Crippen LogP contribution in [0.1, 0.15) is 26.7 Å². The van der Waals surface area contributed by atoms with Gasteiger partial charge in [0.1, 0.15) is 6.04 Å². The van der Waals surface area contributed by atoms with Gasteiger partial charge in [0, 0.05) is 5.92 Å². The summed E-state index contributed by atoms with van der Waals surface area (Å²) in [5, 5.41) is 11.4. The topological polar surface area (TPSA) is 75.6 Å². The number of rotatable bonds is 6. The first-order valence-electron chi connectivity index (χ1n) is 6.48. The van der Waals surface area contributed by atoms with E-state index in [0.29, 0.717) is 6.42 Å². The first-order chi connectivity index (χ1) is 8.99. The number of nitrogens with one attached hydrogen (secondary N) is 1. The summed E-state index contributed by atoms with van der Waals surface area (Å²) in [7, 11) is 0. The van der Waals surface area contributed by atoms with Gasteiger partial charge in [-0.25, -0.2) is 9.59 Å². The van der Waals surface area contributed by atoms with Gasteiger partial charge in [-0.15, -0.1) is 0 Å². The fourth-order valence-electron chi connectivity index (χ4n) is 1.81. The Morgan fingerprint density at radius 2 is 2.16 bits per heavy atom. The lowest BCUT2D eigenvalue weighted by Gasteiger charge is -2.18. The van der Waals surface area contributed by atoms with Crippen molar-refractivity contribution in [3.8, 4) is 0 Å². The van der Waals surface area contributed by atoms with Gasteiger partial charge in [0.05, 0.1) is 6.61 Å². The van der Waals surface area contributed by atoms with Crippen molar-refractivity contribution in [2.75, 3.05) is 6.61 Å². The molecular formula is C14H21NO4. The van der Waals surface area contributed by atoms with E-state index in [2.05, 4.69) is 5.32 Å². The first-order valence-corrected chi connectivity index (χ1v) is 6.48. The summed E-state index contributed by atoms with van der Waals surface area (Å²) < 4.78 is 5.05. The second-order valence-corrected chi connectivity index (χ2v) is 5.07. The van der Waals surface area contributed by atoms with E-state index < -0.39 is 18.1 Å². The number of ether oxygens (including phenoxy) is 1. The predicted molar refractivity (Wildman–Crippen MR) is 71.7 cm³/mol. The molecule has 0 saturated heterocycles. The van der Waals surface area contributed by atoms with Gasteiger partial charge in [0.15, 0.2) is 0 Å². The van der Waals surface area contributed by atoms with Crippen LogP contribution in [0.4, 0.5) is 4.79 Å². The predicted octanol–water partition coefficient (Wildman–Crippen LogP) is 2.34. The second-order valence-electron chi connectivity index (χ2n) is 5.07. The third-order valence-corrected chi connectivity index (χ3v) is 2.80. The Morgan fingerprint density at radius 3 is 2.68 bits per heavy atom. The van der Waals surface area contributed by atoms with Crippen molar-refractivity contribution in [1.82, 2.24) is 5.32 Å². The van der Waals surface area contributed by atoms with Crippen LogP contribution in [0, 0.1) is 11.8 Å². The van der Waals surface area contributed by atoms with Crippen LogP contribution in [0.25, 0.3) is 0 Å². The van der Waals surface area contributed by atoms with Gasteiger partial charge >= 0.3 is 12.1 Å². The minimum absolute atomic E-state index is 0.170. The molecular weight excluding hydrogens is 246 g/mol. The summed E-state index contributed by atoms with van der Waals surface area (Å²) >= 11 is 0. The molecule has 0 fully saturated rings. The molecule has 2 N–H and O–H groups in total. The van der Waals surface area contributed by atoms with Gasteiger partial charge in [-0.05, 0) is 18.8 Å². The molecule has 1 aliphatic carbocycles. The summed E-state index contributed by atoms with van der Waals surface area (Å²) in [6.07, 6.45) is 8.37. The number of carbonyl (C=O) groups is 2. The molecule has 1 unspecified atom stereocenters. The Balaban J connectivity index is 2.33. The lowest BCUT2D eigenvalue weighted by Crippen LogP contribution is -2.42. The lowest BCUT2D eigenvalue weighted by molar-refractivity contribution is -0.139. The highest BCUT2D eigenvalue weighted by molar-refractivity contribution is 5.79. The summed E-state index contributed by atoms with van der Waals surface area (Å²) in [5.74, 6) is -0.678. The molecule has 19 heavy (non-hydrogen) atoms. The van der Waals surface area contributed by atoms with E-state index in [1.54, 1.807) is 0 Å². The molecule has 0 heterocycles. The highest BCUT2D eigenvalue weighted by Crippen LogP contribution is 2.12. The summed E-state index contributed by atoms with van der Waals surface area (Å²) in [5.41, 5.74) is 0. The van der Waals surface area contributed by atoms with Crippen molar-refractivity contribution in [3.63, 3.8) is 0 Å². The first kappa shape index (κ1) is 15.3. The van der Waals surface area contributed by atoms with E-state index in [9.17, 15) is 9.59 Å². The molecule has 106 valence electrons. The van der Waals surface area contributed by atoms with Gasteiger partial charge in [-0.2, -0.15) is 0 Å². The molecule has 1 aliphatic rings. The molecule has 0 aromatic rings. The fourth-order valence-corrected chi connectivity index (χ4v) is 1.81. The van der Waals surface area contributed by atoms with Gasteiger partial charge in [0.2, 0.25) is 0 Å². The average Bonchev–Trinajstić information content (AvgIpc) is 2.36. The van der Waals surface area contributed by atoms with Crippen LogP contribution < -0.4 is 5.32 Å². The second kappa shape index (κ2) is 7.61. The van der Waals surface area contributed by atoms with Crippen LogP contribution >= 0.6 is 0 Å². The molecule has 2 atom stereocenters. The Labute approximate surface area is 113 Å². The number of hydrogen-bond acceptors (Lipinski definition) is 3. The zero-order valence-electron chi connectivity index (χ0n) is 11.3. The molecule has 0 aromatic carbocycles. The summed E-state index contributed by atoms with van der Waals surface area (Å²) in [6.45, 7) is 4.07. The minimum atomic E-state index is -1.04. The minimum Gasteiger partial charge on any atom is -0.480 e. The van der Waals surface area contributed by atoms with Crippen molar-refractivity contribution < 1.29 is 19.4 Å². The zero-order valence-corrected chi connectivity index (χ0v) is 11.3. The molecule has 0 aromatic heterocycles. The molecule has 0 aliphatic heterocycles. The van der Waals surface area contributed by atoms with Crippen LogP contribution in [0.15, 0.2) is 24.3 Å². The quantitative estimate of drug-likeness (QED) is 0.774. The Kier molecular flexibility index (Phi) is 6.12. The highest BCUT2D eigenvalue weighted by atomic mass is 16.5. The van der Waals surface area contributed by atoms with Gasteiger partial charge in [-0.1, -0.05) is 38.2 Å². The smallest absolute Gasteiger partial charge is 0.407 e. The number of alkyl carbamates (subject to hydrolysis) is 1. The molecule has 0 bridgehead atoms. The van der Waals surface area contributed by atoms with Crippen LogP contribution in [-0.2, 0) is 9.53 Å². The molecule has 5 nitrogen and oxygen atoms in total. The monoisotopic (exact) mass is 267 g/mol. The van der Waals surface area contributed by atoms with Crippen LogP contribution in [0.5, 0.6) is 0 Å². The number of carbonyl (C=O) groups excluding carboxylic acids is 1. The maximum atomic E-state index is 11.5. The van der Waals surface area contributed by atoms with E-state index in [4.69, 9.17) is 9.84 Å². The van der Waals surface area contributed by atoms with Crippen molar-refractivity contribution in [3.05, 3.63) is 24.3 Å². The number of carboxylic acid groups (broad SMARTS) is 1. The highest BCUT2D eigenvalue weighted by Gasteiger charge is 2.22. The van der Waals surface area contributed by atoms with Gasteiger partial charge in [-0.3, -0.25) is 0 Å². The van der Waals surface area contributed by atoms with Crippen molar-refractivity contribution >= 4 is 12.1 Å². The number of aliphatic carboxylic acids is 1. The Bertz CT molecular complexity index is 374. The fraction of sp³-hybridized carbons (Fsp3) is 0.571. The van der Waals surface area contributed by atoms with Crippen molar-refractivity contribution in [2.45, 2.75) is 32.7 Å². The molecule has 0 saturated carbocycles. The Hall–Kier alpha value is -1.78. The van der Waals surface area contributed by atoms with E-state index in [-0.39, 0.29) is 18.4 Å². The molecule has 0 spiro atoms.